The molecule has 3 nitrogen and oxygen atoms in total. The van der Waals surface area contributed by atoms with Gasteiger partial charge in [-0.2, -0.15) is 0 Å². The second-order valence-electron chi connectivity index (χ2n) is 5.41. The maximum atomic E-state index is 10.2. The Morgan fingerprint density at radius 1 is 1.10 bits per heavy atom. The van der Waals surface area contributed by atoms with Crippen LogP contribution in [0.1, 0.15) is 22.8 Å². The Balaban J connectivity index is 1.61. The van der Waals surface area contributed by atoms with Gasteiger partial charge in [-0.1, -0.05) is 42.0 Å². The summed E-state index contributed by atoms with van der Waals surface area (Å²) in [6.45, 7) is 3.34. The third-order valence-corrected chi connectivity index (χ3v) is 3.80. The molecule has 3 aromatic rings. The van der Waals surface area contributed by atoms with Crippen molar-refractivity contribution in [1.82, 2.24) is 10.3 Å². The van der Waals surface area contributed by atoms with Crippen molar-refractivity contribution in [2.24, 2.45) is 0 Å². The van der Waals surface area contributed by atoms with Crippen LogP contribution in [-0.2, 0) is 6.54 Å². The Morgan fingerprint density at radius 3 is 2.71 bits per heavy atom. The summed E-state index contributed by atoms with van der Waals surface area (Å²) in [5.74, 6) is 0. The molecule has 108 valence electrons. The number of nitrogens with one attached hydrogen (secondary N) is 2. The topological polar surface area (TPSA) is 48.0 Å². The van der Waals surface area contributed by atoms with Crippen molar-refractivity contribution in [1.29, 1.82) is 0 Å². The Labute approximate surface area is 124 Å². The zero-order valence-electron chi connectivity index (χ0n) is 12.1. The van der Waals surface area contributed by atoms with E-state index in [4.69, 9.17) is 0 Å². The van der Waals surface area contributed by atoms with Gasteiger partial charge in [-0.3, -0.25) is 0 Å². The molecular weight excluding hydrogens is 260 g/mol. The summed E-state index contributed by atoms with van der Waals surface area (Å²) >= 11 is 0. The van der Waals surface area contributed by atoms with E-state index in [-0.39, 0.29) is 0 Å². The monoisotopic (exact) mass is 280 g/mol. The molecule has 0 saturated heterocycles. The van der Waals surface area contributed by atoms with E-state index in [1.165, 1.54) is 16.5 Å². The van der Waals surface area contributed by atoms with Crippen molar-refractivity contribution in [2.45, 2.75) is 19.6 Å². The van der Waals surface area contributed by atoms with Gasteiger partial charge in [0.05, 0.1) is 6.10 Å². The lowest BCUT2D eigenvalue weighted by atomic mass is 10.1. The average molecular weight is 280 g/mol. The molecule has 0 amide bonds. The van der Waals surface area contributed by atoms with Gasteiger partial charge in [0.1, 0.15) is 0 Å². The van der Waals surface area contributed by atoms with Gasteiger partial charge in [-0.15, -0.1) is 0 Å². The van der Waals surface area contributed by atoms with Gasteiger partial charge in [-0.25, -0.2) is 0 Å². The van der Waals surface area contributed by atoms with Crippen LogP contribution in [0.15, 0.2) is 54.7 Å². The van der Waals surface area contributed by atoms with Crippen LogP contribution in [0.5, 0.6) is 0 Å². The molecule has 0 radical (unpaired) electrons. The second-order valence-corrected chi connectivity index (χ2v) is 5.41. The molecule has 2 aromatic carbocycles. The average Bonchev–Trinajstić information content (AvgIpc) is 2.97. The first-order valence-corrected chi connectivity index (χ1v) is 7.24. The van der Waals surface area contributed by atoms with Crippen LogP contribution in [0, 0.1) is 6.92 Å². The molecule has 0 aliphatic carbocycles. The molecule has 3 rings (SSSR count). The summed E-state index contributed by atoms with van der Waals surface area (Å²) in [5, 5.41) is 14.8. The van der Waals surface area contributed by atoms with E-state index in [2.05, 4.69) is 28.5 Å². The maximum Gasteiger partial charge on any atom is 0.0914 e. The molecule has 1 atom stereocenters. The molecule has 21 heavy (non-hydrogen) atoms. The van der Waals surface area contributed by atoms with Gasteiger partial charge in [-0.05, 0) is 30.2 Å². The van der Waals surface area contributed by atoms with Crippen LogP contribution >= 0.6 is 0 Å². The van der Waals surface area contributed by atoms with Gasteiger partial charge in [0.2, 0.25) is 0 Å². The van der Waals surface area contributed by atoms with Crippen molar-refractivity contribution in [3.8, 4) is 0 Å². The molecule has 1 heterocycles. The van der Waals surface area contributed by atoms with Crippen molar-refractivity contribution >= 4 is 10.9 Å². The fourth-order valence-corrected chi connectivity index (χ4v) is 2.55. The summed E-state index contributed by atoms with van der Waals surface area (Å²) in [6.07, 6.45) is 1.48. The minimum atomic E-state index is -0.476. The quantitative estimate of drug-likeness (QED) is 0.671. The van der Waals surface area contributed by atoms with Crippen LogP contribution in [-0.4, -0.2) is 16.6 Å². The van der Waals surface area contributed by atoms with Crippen LogP contribution in [0.25, 0.3) is 10.9 Å². The van der Waals surface area contributed by atoms with Crippen LogP contribution in [0.2, 0.25) is 0 Å². The Hall–Kier alpha value is -2.10. The van der Waals surface area contributed by atoms with Crippen LogP contribution in [0.4, 0.5) is 0 Å². The minimum absolute atomic E-state index is 0.476. The normalized spacial score (nSPS) is 12.7. The standard InChI is InChI=1S/C18H20N2O/c1-13-5-7-14(8-6-13)18(21)12-19-11-15-3-2-4-17-16(15)9-10-20-17/h2-10,18-21H,11-12H2,1H3. The third-order valence-electron chi connectivity index (χ3n) is 3.80. The van der Waals surface area contributed by atoms with Crippen LogP contribution < -0.4 is 5.32 Å². The number of benzene rings is 2. The zero-order valence-corrected chi connectivity index (χ0v) is 12.1. The fourth-order valence-electron chi connectivity index (χ4n) is 2.55. The number of aliphatic hydroxyl groups is 1. The molecular formula is C18H20N2O. The molecule has 0 spiro atoms. The molecule has 0 fully saturated rings. The lowest BCUT2D eigenvalue weighted by Gasteiger charge is -2.13. The van der Waals surface area contributed by atoms with E-state index in [9.17, 15) is 5.11 Å². The third kappa shape index (κ3) is 3.15. The Kier molecular flexibility index (Phi) is 4.04. The van der Waals surface area contributed by atoms with Crippen LogP contribution in [0.3, 0.4) is 0 Å². The maximum absolute atomic E-state index is 10.2. The highest BCUT2D eigenvalue weighted by atomic mass is 16.3. The molecule has 3 N–H and O–H groups in total. The lowest BCUT2D eigenvalue weighted by Crippen LogP contribution is -2.21. The first-order chi connectivity index (χ1) is 10.2. The van der Waals surface area contributed by atoms with E-state index < -0.39 is 6.10 Å². The number of H-pyrrole nitrogens is 1. The number of aliphatic hydroxyl groups excluding tert-OH is 1. The molecule has 0 aliphatic heterocycles. The number of aryl methyl sites for hydroxylation is 1. The highest BCUT2D eigenvalue weighted by molar-refractivity contribution is 5.82. The number of fused-ring (bicyclic) bond motifs is 1. The van der Waals surface area contributed by atoms with Crippen molar-refractivity contribution in [2.75, 3.05) is 6.54 Å². The first-order valence-electron chi connectivity index (χ1n) is 7.24. The zero-order chi connectivity index (χ0) is 14.7. The summed E-state index contributed by atoms with van der Waals surface area (Å²) in [4.78, 5) is 3.21. The summed E-state index contributed by atoms with van der Waals surface area (Å²) in [6, 6.07) is 16.3. The predicted octanol–water partition coefficient (Wildman–Crippen LogP) is 3.30. The SMILES string of the molecule is Cc1ccc(C(O)CNCc2cccc3[nH]ccc23)cc1. The van der Waals surface area contributed by atoms with Crippen molar-refractivity contribution < 1.29 is 5.11 Å². The molecule has 1 aromatic heterocycles. The summed E-state index contributed by atoms with van der Waals surface area (Å²) in [5.41, 5.74) is 4.55. The van der Waals surface area contributed by atoms with Gasteiger partial charge < -0.3 is 15.4 Å². The van der Waals surface area contributed by atoms with E-state index >= 15 is 0 Å². The van der Waals surface area contributed by atoms with E-state index in [1.54, 1.807) is 0 Å². The molecule has 0 bridgehead atoms. The number of aromatic nitrogens is 1. The van der Waals surface area contributed by atoms with E-state index in [0.717, 1.165) is 17.6 Å². The Morgan fingerprint density at radius 2 is 1.90 bits per heavy atom. The highest BCUT2D eigenvalue weighted by Gasteiger charge is 2.07. The van der Waals surface area contributed by atoms with Gasteiger partial charge >= 0.3 is 0 Å². The van der Waals surface area contributed by atoms with E-state index in [0.29, 0.717) is 6.54 Å². The molecule has 0 saturated carbocycles. The highest BCUT2D eigenvalue weighted by Crippen LogP contribution is 2.17. The minimum Gasteiger partial charge on any atom is -0.387 e. The lowest BCUT2D eigenvalue weighted by molar-refractivity contribution is 0.174. The molecule has 1 unspecified atom stereocenters. The number of hydrogen-bond donors (Lipinski definition) is 3. The summed E-state index contributed by atoms with van der Waals surface area (Å²) < 4.78 is 0. The number of hydrogen-bond acceptors (Lipinski definition) is 2. The number of aromatic amines is 1. The van der Waals surface area contributed by atoms with Crippen molar-refractivity contribution in [3.63, 3.8) is 0 Å². The fraction of sp³-hybridized carbons (Fsp3) is 0.222. The van der Waals surface area contributed by atoms with Gasteiger partial charge in [0.25, 0.3) is 0 Å². The van der Waals surface area contributed by atoms with E-state index in [1.807, 2.05) is 43.5 Å². The van der Waals surface area contributed by atoms with Crippen molar-refractivity contribution in [3.05, 3.63) is 71.4 Å². The van der Waals surface area contributed by atoms with Gasteiger partial charge in [0, 0.05) is 30.2 Å². The summed E-state index contributed by atoms with van der Waals surface area (Å²) in [7, 11) is 0. The van der Waals surface area contributed by atoms with Gasteiger partial charge in [0.15, 0.2) is 0 Å². The first kappa shape index (κ1) is 13.9. The molecule has 0 aliphatic rings. The largest absolute Gasteiger partial charge is 0.387 e. The number of rotatable bonds is 5. The molecule has 3 heteroatoms. The Bertz CT molecular complexity index is 715. The second kappa shape index (κ2) is 6.12. The smallest absolute Gasteiger partial charge is 0.0914 e. The predicted molar refractivity (Wildman–Crippen MR) is 86.1 cm³/mol.